The van der Waals surface area contributed by atoms with Crippen molar-refractivity contribution < 1.29 is 23.7 Å². The number of piperazine rings is 1. The normalized spacial score (nSPS) is 14.1. The van der Waals surface area contributed by atoms with Gasteiger partial charge in [-0.2, -0.15) is 0 Å². The Morgan fingerprint density at radius 2 is 1.51 bits per heavy atom. The van der Waals surface area contributed by atoms with E-state index in [1.807, 2.05) is 12.1 Å². The third-order valence-electron chi connectivity index (χ3n) is 6.87. The number of nitrogens with zero attached hydrogens (tertiary/aromatic N) is 2. The Morgan fingerprint density at radius 1 is 0.811 bits per heavy atom. The maximum Gasteiger partial charge on any atom is 0.344 e. The smallest absolute Gasteiger partial charge is 0.344 e. The first-order chi connectivity index (χ1) is 18.0. The van der Waals surface area contributed by atoms with Crippen molar-refractivity contribution in [1.82, 2.24) is 4.90 Å². The first kappa shape index (κ1) is 24.5. The standard InChI is InChI=1S/C29H30N2O6/c1-34-21-7-5-20(6-8-21)31-14-12-30(13-15-31)18-25-26(32)10-4-19-16-24(29(33)37-28(19)25)23-17-22(35-2)9-11-27(23)36-3/h4-11,16-17,32H,12-15,18H2,1-3H3. The van der Waals surface area contributed by atoms with Gasteiger partial charge in [0.25, 0.3) is 0 Å². The van der Waals surface area contributed by atoms with Gasteiger partial charge in [-0.1, -0.05) is 0 Å². The molecule has 1 saturated heterocycles. The molecule has 0 aliphatic carbocycles. The van der Waals surface area contributed by atoms with Crippen molar-refractivity contribution in [2.45, 2.75) is 6.54 Å². The SMILES string of the molecule is COc1ccc(N2CCN(Cc3c(O)ccc4cc(-c5cc(OC)ccc5OC)c(=O)oc34)CC2)cc1. The van der Waals surface area contributed by atoms with Crippen LogP contribution < -0.4 is 24.7 Å². The maximum atomic E-state index is 13.1. The average Bonchev–Trinajstić information content (AvgIpc) is 2.94. The number of rotatable bonds is 7. The van der Waals surface area contributed by atoms with Crippen LogP contribution in [-0.2, 0) is 6.54 Å². The van der Waals surface area contributed by atoms with Crippen molar-refractivity contribution in [3.8, 4) is 34.1 Å². The highest BCUT2D eigenvalue weighted by Gasteiger charge is 2.22. The molecule has 2 heterocycles. The number of fused-ring (bicyclic) bond motifs is 1. The first-order valence-electron chi connectivity index (χ1n) is 12.1. The molecule has 0 spiro atoms. The molecule has 1 aromatic heterocycles. The predicted molar refractivity (Wildman–Crippen MR) is 143 cm³/mol. The molecule has 1 N–H and O–H groups in total. The van der Waals surface area contributed by atoms with E-state index in [0.29, 0.717) is 40.3 Å². The zero-order valence-electron chi connectivity index (χ0n) is 21.2. The number of anilines is 1. The molecule has 8 nitrogen and oxygen atoms in total. The minimum absolute atomic E-state index is 0.111. The van der Waals surface area contributed by atoms with Gasteiger partial charge in [0.05, 0.1) is 32.5 Å². The van der Waals surface area contributed by atoms with E-state index >= 15 is 0 Å². The molecule has 1 fully saturated rings. The Balaban J connectivity index is 1.40. The minimum atomic E-state index is -0.504. The molecule has 1 aliphatic heterocycles. The van der Waals surface area contributed by atoms with Gasteiger partial charge in [0, 0.05) is 49.4 Å². The summed E-state index contributed by atoms with van der Waals surface area (Å²) in [6.07, 6.45) is 0. The Kier molecular flexibility index (Phi) is 6.92. The van der Waals surface area contributed by atoms with E-state index in [2.05, 4.69) is 21.9 Å². The van der Waals surface area contributed by atoms with Crippen LogP contribution in [0.5, 0.6) is 23.0 Å². The first-order valence-corrected chi connectivity index (χ1v) is 12.1. The highest BCUT2D eigenvalue weighted by atomic mass is 16.5. The van der Waals surface area contributed by atoms with Gasteiger partial charge in [-0.3, -0.25) is 4.90 Å². The number of hydrogen-bond acceptors (Lipinski definition) is 8. The van der Waals surface area contributed by atoms with Crippen molar-refractivity contribution in [1.29, 1.82) is 0 Å². The van der Waals surface area contributed by atoms with Crippen molar-refractivity contribution in [2.75, 3.05) is 52.4 Å². The van der Waals surface area contributed by atoms with Crippen LogP contribution in [0, 0.1) is 0 Å². The largest absolute Gasteiger partial charge is 0.507 e. The third-order valence-corrected chi connectivity index (χ3v) is 6.87. The summed E-state index contributed by atoms with van der Waals surface area (Å²) in [4.78, 5) is 17.7. The summed E-state index contributed by atoms with van der Waals surface area (Å²) < 4.78 is 21.9. The molecular weight excluding hydrogens is 472 g/mol. The van der Waals surface area contributed by atoms with Crippen LogP contribution in [0.4, 0.5) is 5.69 Å². The van der Waals surface area contributed by atoms with Crippen LogP contribution >= 0.6 is 0 Å². The summed E-state index contributed by atoms with van der Waals surface area (Å²) in [5.74, 6) is 2.10. The lowest BCUT2D eigenvalue weighted by molar-refractivity contribution is 0.246. The van der Waals surface area contributed by atoms with E-state index in [0.717, 1.165) is 43.0 Å². The predicted octanol–water partition coefficient (Wildman–Crippen LogP) is 4.51. The lowest BCUT2D eigenvalue weighted by Gasteiger charge is -2.36. The van der Waals surface area contributed by atoms with Crippen LogP contribution in [0.3, 0.4) is 0 Å². The molecule has 0 saturated carbocycles. The summed E-state index contributed by atoms with van der Waals surface area (Å²) in [5, 5.41) is 11.4. The Morgan fingerprint density at radius 3 is 2.19 bits per heavy atom. The van der Waals surface area contributed by atoms with E-state index in [1.54, 1.807) is 57.7 Å². The van der Waals surface area contributed by atoms with Gasteiger partial charge < -0.3 is 28.6 Å². The van der Waals surface area contributed by atoms with Crippen LogP contribution in [0.2, 0.25) is 0 Å². The Bertz CT molecular complexity index is 1460. The second kappa shape index (κ2) is 10.4. The molecule has 1 aliphatic rings. The van der Waals surface area contributed by atoms with E-state index in [1.165, 1.54) is 0 Å². The number of methoxy groups -OCH3 is 3. The Labute approximate surface area is 215 Å². The van der Waals surface area contributed by atoms with Crippen LogP contribution in [0.25, 0.3) is 22.1 Å². The highest BCUT2D eigenvalue weighted by molar-refractivity contribution is 5.87. The van der Waals surface area contributed by atoms with Gasteiger partial charge in [0.15, 0.2) is 0 Å². The number of phenols is 1. The van der Waals surface area contributed by atoms with E-state index in [4.69, 9.17) is 18.6 Å². The fourth-order valence-corrected chi connectivity index (χ4v) is 4.78. The molecule has 0 radical (unpaired) electrons. The number of hydrogen-bond donors (Lipinski definition) is 1. The molecule has 5 rings (SSSR count). The van der Waals surface area contributed by atoms with Gasteiger partial charge in [0.2, 0.25) is 0 Å². The summed E-state index contributed by atoms with van der Waals surface area (Å²) >= 11 is 0. The Hall–Kier alpha value is -4.17. The number of benzene rings is 3. The van der Waals surface area contributed by atoms with Gasteiger partial charge in [-0.05, 0) is 60.7 Å². The number of aromatic hydroxyl groups is 1. The summed E-state index contributed by atoms with van der Waals surface area (Å²) in [7, 11) is 4.79. The lowest BCUT2D eigenvalue weighted by Crippen LogP contribution is -2.46. The van der Waals surface area contributed by atoms with Gasteiger partial charge in [-0.15, -0.1) is 0 Å². The zero-order valence-corrected chi connectivity index (χ0v) is 21.2. The van der Waals surface area contributed by atoms with Crippen LogP contribution in [0.1, 0.15) is 5.56 Å². The lowest BCUT2D eigenvalue weighted by atomic mass is 10.0. The zero-order chi connectivity index (χ0) is 25.9. The fourth-order valence-electron chi connectivity index (χ4n) is 4.78. The topological polar surface area (TPSA) is 84.6 Å². The molecule has 37 heavy (non-hydrogen) atoms. The summed E-state index contributed by atoms with van der Waals surface area (Å²) in [6, 6.07) is 18.5. The number of ether oxygens (including phenoxy) is 3. The maximum absolute atomic E-state index is 13.1. The van der Waals surface area contributed by atoms with E-state index < -0.39 is 5.63 Å². The number of phenolic OH excluding ortho intramolecular Hbond substituents is 1. The summed E-state index contributed by atoms with van der Waals surface area (Å²) in [6.45, 7) is 3.80. The minimum Gasteiger partial charge on any atom is -0.507 e. The second-order valence-corrected chi connectivity index (χ2v) is 8.96. The molecule has 0 bridgehead atoms. The molecule has 192 valence electrons. The fraction of sp³-hybridized carbons (Fsp3) is 0.276. The molecule has 0 amide bonds. The third kappa shape index (κ3) is 4.93. The average molecular weight is 503 g/mol. The van der Waals surface area contributed by atoms with E-state index in [-0.39, 0.29) is 5.75 Å². The monoisotopic (exact) mass is 502 g/mol. The summed E-state index contributed by atoms with van der Waals surface area (Å²) in [5.41, 5.74) is 2.61. The van der Waals surface area contributed by atoms with Crippen LogP contribution in [0.15, 0.2) is 69.9 Å². The van der Waals surface area contributed by atoms with Gasteiger partial charge >= 0.3 is 5.63 Å². The molecular formula is C29H30N2O6. The quantitative estimate of drug-likeness (QED) is 0.370. The molecule has 3 aromatic carbocycles. The van der Waals surface area contributed by atoms with Crippen molar-refractivity contribution in [2.24, 2.45) is 0 Å². The van der Waals surface area contributed by atoms with Crippen molar-refractivity contribution >= 4 is 16.7 Å². The molecule has 0 unspecified atom stereocenters. The van der Waals surface area contributed by atoms with Crippen molar-refractivity contribution in [3.05, 3.63) is 76.6 Å². The molecule has 8 heteroatoms. The van der Waals surface area contributed by atoms with E-state index in [9.17, 15) is 9.90 Å². The molecule has 4 aromatic rings. The second-order valence-electron chi connectivity index (χ2n) is 8.96. The van der Waals surface area contributed by atoms with Gasteiger partial charge in [0.1, 0.15) is 28.6 Å². The molecule has 0 atom stereocenters. The van der Waals surface area contributed by atoms with Crippen LogP contribution in [-0.4, -0.2) is 57.5 Å². The van der Waals surface area contributed by atoms with Crippen molar-refractivity contribution in [3.63, 3.8) is 0 Å². The van der Waals surface area contributed by atoms with Gasteiger partial charge in [-0.25, -0.2) is 4.79 Å². The highest BCUT2D eigenvalue weighted by Crippen LogP contribution is 2.35.